The maximum Gasteiger partial charge on any atom is 0.148 e. The highest BCUT2D eigenvalue weighted by Crippen LogP contribution is 2.34. The predicted octanol–water partition coefficient (Wildman–Crippen LogP) is 3.97. The molecule has 152 valence electrons. The molecule has 0 bridgehead atoms. The van der Waals surface area contributed by atoms with Gasteiger partial charge in [0.25, 0.3) is 0 Å². The Bertz CT molecular complexity index is 957. The van der Waals surface area contributed by atoms with Crippen LogP contribution < -0.4 is 0 Å². The summed E-state index contributed by atoms with van der Waals surface area (Å²) in [4.78, 5) is 2.31. The number of halogens is 2. The molecule has 1 fully saturated rings. The second-order valence-corrected chi connectivity index (χ2v) is 8.02. The monoisotopic (exact) mass is 397 g/mol. The number of aliphatic hydroxyl groups excluding tert-OH is 1. The van der Waals surface area contributed by atoms with Crippen molar-refractivity contribution in [1.29, 1.82) is 0 Å². The molecule has 29 heavy (non-hydrogen) atoms. The van der Waals surface area contributed by atoms with E-state index in [9.17, 15) is 13.9 Å². The number of nitrogens with zero attached hydrogens (tertiary/aromatic N) is 3. The fourth-order valence-corrected chi connectivity index (χ4v) is 4.28. The molecule has 0 aliphatic carbocycles. The highest BCUT2D eigenvalue weighted by atomic mass is 19.1. The molecule has 0 radical (unpaired) electrons. The van der Waals surface area contributed by atoms with E-state index >= 15 is 0 Å². The zero-order chi connectivity index (χ0) is 20.3. The summed E-state index contributed by atoms with van der Waals surface area (Å²) >= 11 is 0. The Morgan fingerprint density at radius 1 is 1.03 bits per heavy atom. The molecule has 6 heteroatoms. The zero-order valence-electron chi connectivity index (χ0n) is 16.3. The molecular weight excluding hydrogens is 372 g/mol. The fourth-order valence-electron chi connectivity index (χ4n) is 4.28. The Balaban J connectivity index is 1.45. The third kappa shape index (κ3) is 4.54. The summed E-state index contributed by atoms with van der Waals surface area (Å²) in [5.74, 6) is -0.553. The van der Waals surface area contributed by atoms with Gasteiger partial charge < -0.3 is 5.11 Å². The third-order valence-corrected chi connectivity index (χ3v) is 5.71. The number of aliphatic hydroxyl groups is 1. The Labute approximate surface area is 169 Å². The second kappa shape index (κ2) is 8.43. The molecule has 0 saturated carbocycles. The van der Waals surface area contributed by atoms with Crippen LogP contribution in [0.25, 0.3) is 5.69 Å². The van der Waals surface area contributed by atoms with Crippen LogP contribution in [0.15, 0.2) is 60.9 Å². The Morgan fingerprint density at radius 3 is 2.59 bits per heavy atom. The van der Waals surface area contributed by atoms with Gasteiger partial charge >= 0.3 is 0 Å². The zero-order valence-corrected chi connectivity index (χ0v) is 16.3. The highest BCUT2D eigenvalue weighted by molar-refractivity contribution is 5.33. The number of aromatic nitrogens is 2. The van der Waals surface area contributed by atoms with Crippen molar-refractivity contribution < 1.29 is 13.9 Å². The number of para-hydroxylation sites is 1. The second-order valence-electron chi connectivity index (χ2n) is 8.02. The van der Waals surface area contributed by atoms with Gasteiger partial charge in [-0.25, -0.2) is 13.5 Å². The van der Waals surface area contributed by atoms with Crippen molar-refractivity contribution in [2.24, 2.45) is 5.41 Å². The highest BCUT2D eigenvalue weighted by Gasteiger charge is 2.35. The Morgan fingerprint density at radius 2 is 1.83 bits per heavy atom. The summed E-state index contributed by atoms with van der Waals surface area (Å²) in [6.45, 7) is 2.48. The van der Waals surface area contributed by atoms with Crippen LogP contribution in [0.5, 0.6) is 0 Å². The van der Waals surface area contributed by atoms with E-state index in [4.69, 9.17) is 0 Å². The first kappa shape index (κ1) is 19.7. The van der Waals surface area contributed by atoms with E-state index in [1.54, 1.807) is 41.2 Å². The maximum atomic E-state index is 14.0. The molecule has 2 heterocycles. The summed E-state index contributed by atoms with van der Waals surface area (Å²) in [6.07, 6.45) is 6.26. The number of piperidine rings is 1. The minimum Gasteiger partial charge on any atom is -0.396 e. The molecule has 3 aromatic rings. The van der Waals surface area contributed by atoms with Gasteiger partial charge in [-0.2, -0.15) is 5.10 Å². The lowest BCUT2D eigenvalue weighted by molar-refractivity contribution is 0.0288. The van der Waals surface area contributed by atoms with Crippen molar-refractivity contribution in [2.45, 2.75) is 25.8 Å². The van der Waals surface area contributed by atoms with E-state index in [-0.39, 0.29) is 23.7 Å². The van der Waals surface area contributed by atoms with Gasteiger partial charge in [-0.3, -0.25) is 4.90 Å². The van der Waals surface area contributed by atoms with Crippen LogP contribution in [-0.4, -0.2) is 39.5 Å². The van der Waals surface area contributed by atoms with Crippen LogP contribution in [0, 0.1) is 17.0 Å². The van der Waals surface area contributed by atoms with Gasteiger partial charge in [0, 0.05) is 30.3 Å². The molecule has 0 unspecified atom stereocenters. The van der Waals surface area contributed by atoms with E-state index < -0.39 is 0 Å². The van der Waals surface area contributed by atoms with Crippen LogP contribution in [0.1, 0.15) is 24.0 Å². The summed E-state index contributed by atoms with van der Waals surface area (Å²) < 4.78 is 28.8. The number of rotatable bonds is 6. The first-order chi connectivity index (χ1) is 14.1. The van der Waals surface area contributed by atoms with Gasteiger partial charge in [0.15, 0.2) is 0 Å². The van der Waals surface area contributed by atoms with E-state index in [2.05, 4.69) is 10.00 Å². The standard InChI is InChI=1S/C23H25F2N3O/c24-20-8-6-18(7-9-20)12-23(17-29)10-3-11-27(16-23)14-19-13-26-28(15-19)22-5-2-1-4-21(22)25/h1-2,4-9,13,15,29H,3,10-12,14,16-17H2/t23-/m1/s1. The molecule has 1 aliphatic rings. The molecule has 1 atom stereocenters. The van der Waals surface area contributed by atoms with Gasteiger partial charge in [0.1, 0.15) is 17.3 Å². The molecule has 1 N–H and O–H groups in total. The predicted molar refractivity (Wildman–Crippen MR) is 108 cm³/mol. The van der Waals surface area contributed by atoms with E-state index in [0.717, 1.165) is 43.5 Å². The lowest BCUT2D eigenvalue weighted by Gasteiger charge is -2.42. The SMILES string of the molecule is OC[C@@]1(Cc2ccc(F)cc2)CCCN(Cc2cnn(-c3ccccc3F)c2)C1. The van der Waals surface area contributed by atoms with Gasteiger partial charge in [-0.15, -0.1) is 0 Å². The molecule has 4 nitrogen and oxygen atoms in total. The van der Waals surface area contributed by atoms with Crippen LogP contribution >= 0.6 is 0 Å². The number of benzene rings is 2. The van der Waals surface area contributed by atoms with Gasteiger partial charge in [0.2, 0.25) is 0 Å². The number of hydrogen-bond acceptors (Lipinski definition) is 3. The van der Waals surface area contributed by atoms with Gasteiger partial charge in [-0.1, -0.05) is 24.3 Å². The average Bonchev–Trinajstić information content (AvgIpc) is 3.18. The minimum atomic E-state index is -0.307. The molecule has 1 aliphatic heterocycles. The molecular formula is C23H25F2N3O. The Kier molecular flexibility index (Phi) is 5.74. The largest absolute Gasteiger partial charge is 0.396 e. The topological polar surface area (TPSA) is 41.3 Å². The smallest absolute Gasteiger partial charge is 0.148 e. The maximum absolute atomic E-state index is 14.0. The van der Waals surface area contributed by atoms with Crippen molar-refractivity contribution in [2.75, 3.05) is 19.7 Å². The van der Waals surface area contributed by atoms with Gasteiger partial charge in [-0.05, 0) is 55.6 Å². The van der Waals surface area contributed by atoms with Crippen molar-refractivity contribution in [3.63, 3.8) is 0 Å². The van der Waals surface area contributed by atoms with Crippen LogP contribution in [0.2, 0.25) is 0 Å². The quantitative estimate of drug-likeness (QED) is 0.684. The summed E-state index contributed by atoms with van der Waals surface area (Å²) in [5, 5.41) is 14.5. The van der Waals surface area contributed by atoms with E-state index in [1.165, 1.54) is 18.2 Å². The molecule has 4 rings (SSSR count). The van der Waals surface area contributed by atoms with Crippen molar-refractivity contribution in [1.82, 2.24) is 14.7 Å². The third-order valence-electron chi connectivity index (χ3n) is 5.71. The first-order valence-electron chi connectivity index (χ1n) is 9.93. The van der Waals surface area contributed by atoms with E-state index in [0.29, 0.717) is 12.2 Å². The van der Waals surface area contributed by atoms with E-state index in [1.807, 2.05) is 6.20 Å². The summed E-state index contributed by atoms with van der Waals surface area (Å²) in [6, 6.07) is 13.1. The molecule has 0 spiro atoms. The van der Waals surface area contributed by atoms with Crippen molar-refractivity contribution in [3.8, 4) is 5.69 Å². The molecule has 2 aromatic carbocycles. The first-order valence-corrected chi connectivity index (χ1v) is 9.93. The van der Waals surface area contributed by atoms with Crippen molar-refractivity contribution in [3.05, 3.63) is 83.7 Å². The molecule has 1 aromatic heterocycles. The molecule has 0 amide bonds. The van der Waals surface area contributed by atoms with Gasteiger partial charge in [0.05, 0.1) is 12.8 Å². The van der Waals surface area contributed by atoms with Crippen LogP contribution in [0.3, 0.4) is 0 Å². The Hall–Kier alpha value is -2.57. The fraction of sp³-hybridized carbons (Fsp3) is 0.348. The van der Waals surface area contributed by atoms with Crippen LogP contribution in [0.4, 0.5) is 8.78 Å². The lowest BCUT2D eigenvalue weighted by Crippen LogP contribution is -2.46. The summed E-state index contributed by atoms with van der Waals surface area (Å²) in [5.41, 5.74) is 2.23. The average molecular weight is 397 g/mol. The van der Waals surface area contributed by atoms with Crippen LogP contribution in [-0.2, 0) is 13.0 Å². The van der Waals surface area contributed by atoms with Crippen molar-refractivity contribution >= 4 is 0 Å². The molecule has 1 saturated heterocycles. The lowest BCUT2D eigenvalue weighted by atomic mass is 9.75. The number of hydrogen-bond donors (Lipinski definition) is 1. The summed E-state index contributed by atoms with van der Waals surface area (Å²) in [7, 11) is 0. The normalized spacial score (nSPS) is 20.1. The minimum absolute atomic E-state index is 0.0926. The number of likely N-dealkylation sites (tertiary alicyclic amines) is 1.